The van der Waals surface area contributed by atoms with Gasteiger partial charge >= 0.3 is 0 Å². The number of hydrogen-bond donors (Lipinski definition) is 1. The van der Waals surface area contributed by atoms with Gasteiger partial charge in [0.05, 0.1) is 35.9 Å². The first-order chi connectivity index (χ1) is 18.3. The predicted octanol–water partition coefficient (Wildman–Crippen LogP) is 6.79. The Morgan fingerprint density at radius 3 is 1.95 bits per heavy atom. The van der Waals surface area contributed by atoms with Crippen LogP contribution in [0.15, 0.2) is 72.3 Å². The number of ketones is 1. The van der Waals surface area contributed by atoms with Crippen LogP contribution in [0.5, 0.6) is 5.75 Å². The molecular formula is C33H34N2O4. The predicted molar refractivity (Wildman–Crippen MR) is 153 cm³/mol. The summed E-state index contributed by atoms with van der Waals surface area (Å²) < 4.78 is 5.55. The summed E-state index contributed by atoms with van der Waals surface area (Å²) in [4.78, 5) is 28.5. The van der Waals surface area contributed by atoms with Crippen LogP contribution < -0.4 is 9.64 Å². The fourth-order valence-corrected chi connectivity index (χ4v) is 4.78. The van der Waals surface area contributed by atoms with E-state index in [0.29, 0.717) is 28.1 Å². The van der Waals surface area contributed by atoms with Gasteiger partial charge in [-0.3, -0.25) is 14.5 Å². The maximum absolute atomic E-state index is 13.6. The number of nitrogens with zero attached hydrogens (tertiary/aromatic N) is 2. The third-order valence-electron chi connectivity index (χ3n) is 7.13. The van der Waals surface area contributed by atoms with Crippen molar-refractivity contribution in [2.45, 2.75) is 58.4 Å². The van der Waals surface area contributed by atoms with E-state index in [1.54, 1.807) is 30.3 Å². The molecule has 6 heteroatoms. The zero-order chi connectivity index (χ0) is 28.7. The molecule has 1 heterocycles. The summed E-state index contributed by atoms with van der Waals surface area (Å²) in [6, 6.07) is 20.9. The molecule has 1 aliphatic rings. The van der Waals surface area contributed by atoms with E-state index in [-0.39, 0.29) is 22.2 Å². The smallest absolute Gasteiger partial charge is 0.300 e. The highest BCUT2D eigenvalue weighted by molar-refractivity contribution is 6.51. The van der Waals surface area contributed by atoms with E-state index in [2.05, 4.69) is 47.6 Å². The summed E-state index contributed by atoms with van der Waals surface area (Å²) in [5.41, 5.74) is 3.63. The first-order valence-electron chi connectivity index (χ1n) is 12.9. The Morgan fingerprint density at radius 2 is 1.44 bits per heavy atom. The van der Waals surface area contributed by atoms with Crippen LogP contribution >= 0.6 is 0 Å². The van der Waals surface area contributed by atoms with Gasteiger partial charge in [0.15, 0.2) is 0 Å². The van der Waals surface area contributed by atoms with Crippen molar-refractivity contribution in [3.8, 4) is 11.8 Å². The number of benzene rings is 3. The van der Waals surface area contributed by atoms with Crippen molar-refractivity contribution in [3.63, 3.8) is 0 Å². The van der Waals surface area contributed by atoms with Crippen molar-refractivity contribution in [2.24, 2.45) is 0 Å². The minimum Gasteiger partial charge on any atom is -0.507 e. The lowest BCUT2D eigenvalue weighted by molar-refractivity contribution is -0.132. The van der Waals surface area contributed by atoms with Crippen molar-refractivity contribution in [1.82, 2.24) is 0 Å². The number of rotatable bonds is 4. The Balaban J connectivity index is 1.98. The third-order valence-corrected chi connectivity index (χ3v) is 7.13. The van der Waals surface area contributed by atoms with E-state index in [1.165, 1.54) is 12.0 Å². The fourth-order valence-electron chi connectivity index (χ4n) is 4.78. The zero-order valence-corrected chi connectivity index (χ0v) is 23.5. The molecule has 0 bridgehead atoms. The summed E-state index contributed by atoms with van der Waals surface area (Å²) in [5, 5.41) is 21.0. The summed E-state index contributed by atoms with van der Waals surface area (Å²) >= 11 is 0. The molecule has 200 valence electrons. The maximum atomic E-state index is 13.6. The molecule has 1 aliphatic heterocycles. The van der Waals surface area contributed by atoms with E-state index in [0.717, 1.165) is 11.1 Å². The number of aliphatic hydroxyl groups excluding tert-OH is 1. The second-order valence-electron chi connectivity index (χ2n) is 11.9. The lowest BCUT2D eigenvalue weighted by atomic mass is 9.84. The topological polar surface area (TPSA) is 90.6 Å². The normalized spacial score (nSPS) is 17.3. The first kappa shape index (κ1) is 27.7. The number of aliphatic hydroxyl groups is 1. The van der Waals surface area contributed by atoms with Crippen LogP contribution in [0.25, 0.3) is 5.76 Å². The highest BCUT2D eigenvalue weighted by Crippen LogP contribution is 2.44. The Morgan fingerprint density at radius 1 is 0.872 bits per heavy atom. The Hall–Kier alpha value is -4.37. The summed E-state index contributed by atoms with van der Waals surface area (Å²) in [7, 11) is 1.50. The molecule has 1 fully saturated rings. The summed E-state index contributed by atoms with van der Waals surface area (Å²) in [6.45, 7) is 12.5. The van der Waals surface area contributed by atoms with Crippen LogP contribution in [0.2, 0.25) is 0 Å². The molecular weight excluding hydrogens is 488 g/mol. The van der Waals surface area contributed by atoms with Gasteiger partial charge in [-0.1, -0.05) is 71.9 Å². The van der Waals surface area contributed by atoms with Crippen molar-refractivity contribution >= 4 is 23.1 Å². The molecule has 1 amide bonds. The molecule has 3 aromatic carbocycles. The minimum absolute atomic E-state index is 0.0165. The monoisotopic (exact) mass is 522 g/mol. The maximum Gasteiger partial charge on any atom is 0.300 e. The summed E-state index contributed by atoms with van der Waals surface area (Å²) in [5.74, 6) is -1.44. The second kappa shape index (κ2) is 10.1. The Labute approximate surface area is 230 Å². The van der Waals surface area contributed by atoms with Crippen LogP contribution in [0, 0.1) is 11.3 Å². The van der Waals surface area contributed by atoms with Gasteiger partial charge < -0.3 is 9.84 Å². The molecule has 1 N–H and O–H groups in total. The van der Waals surface area contributed by atoms with Gasteiger partial charge in [0.25, 0.3) is 11.7 Å². The second-order valence-corrected chi connectivity index (χ2v) is 11.9. The van der Waals surface area contributed by atoms with Gasteiger partial charge in [-0.05, 0) is 63.9 Å². The Kier molecular flexibility index (Phi) is 7.14. The number of ether oxygens (including phenoxy) is 1. The van der Waals surface area contributed by atoms with Gasteiger partial charge in [-0.25, -0.2) is 0 Å². The van der Waals surface area contributed by atoms with E-state index >= 15 is 0 Å². The lowest BCUT2D eigenvalue weighted by Gasteiger charge is -2.27. The van der Waals surface area contributed by atoms with E-state index in [1.807, 2.05) is 36.4 Å². The van der Waals surface area contributed by atoms with Gasteiger partial charge in [0, 0.05) is 5.69 Å². The fraction of sp³-hybridized carbons (Fsp3) is 0.303. The molecule has 0 radical (unpaired) electrons. The Bertz CT molecular complexity index is 1500. The average Bonchev–Trinajstić information content (AvgIpc) is 3.17. The van der Waals surface area contributed by atoms with E-state index in [9.17, 15) is 20.0 Å². The molecule has 1 atom stereocenters. The van der Waals surface area contributed by atoms with Crippen LogP contribution in [0.3, 0.4) is 0 Å². The number of methoxy groups -OCH3 is 1. The van der Waals surface area contributed by atoms with Crippen LogP contribution in [-0.2, 0) is 20.4 Å². The molecule has 1 saturated heterocycles. The number of amides is 1. The number of carbonyl (C=O) groups excluding carboxylic acids is 2. The van der Waals surface area contributed by atoms with Crippen molar-refractivity contribution in [1.29, 1.82) is 5.26 Å². The van der Waals surface area contributed by atoms with Crippen molar-refractivity contribution < 1.29 is 19.4 Å². The van der Waals surface area contributed by atoms with E-state index in [4.69, 9.17) is 4.74 Å². The number of Topliss-reactive ketones (excluding diaryl/α,β-unsaturated/α-hetero) is 1. The molecule has 4 rings (SSSR count). The van der Waals surface area contributed by atoms with Crippen molar-refractivity contribution in [2.75, 3.05) is 12.0 Å². The molecule has 0 saturated carbocycles. The largest absolute Gasteiger partial charge is 0.507 e. The van der Waals surface area contributed by atoms with E-state index < -0.39 is 17.7 Å². The van der Waals surface area contributed by atoms with Gasteiger partial charge in [0.1, 0.15) is 11.5 Å². The lowest BCUT2D eigenvalue weighted by Crippen LogP contribution is -2.29. The molecule has 3 aromatic rings. The molecule has 0 aliphatic carbocycles. The zero-order valence-electron chi connectivity index (χ0n) is 23.5. The highest BCUT2D eigenvalue weighted by Gasteiger charge is 2.47. The molecule has 1 unspecified atom stereocenters. The van der Waals surface area contributed by atoms with Crippen LogP contribution in [0.4, 0.5) is 5.69 Å². The third kappa shape index (κ3) is 5.18. The van der Waals surface area contributed by atoms with Crippen LogP contribution in [0.1, 0.15) is 75.4 Å². The van der Waals surface area contributed by atoms with Gasteiger partial charge in [-0.15, -0.1) is 0 Å². The van der Waals surface area contributed by atoms with Gasteiger partial charge in [-0.2, -0.15) is 5.26 Å². The highest BCUT2D eigenvalue weighted by atomic mass is 16.5. The first-order valence-corrected chi connectivity index (χ1v) is 12.9. The number of nitriles is 1. The SMILES string of the molecule is COc1ccc(C(C)(C)C)cc1/C(O)=C1\C(=O)C(=O)N(c2ccc(C#N)cc2)C1c1ccc(C(C)(C)C)cc1. The van der Waals surface area contributed by atoms with Crippen molar-refractivity contribution in [3.05, 3.63) is 100 Å². The van der Waals surface area contributed by atoms with Crippen LogP contribution in [-0.4, -0.2) is 23.9 Å². The van der Waals surface area contributed by atoms with Gasteiger partial charge in [0.2, 0.25) is 0 Å². The molecule has 39 heavy (non-hydrogen) atoms. The number of carbonyl (C=O) groups is 2. The minimum atomic E-state index is -0.880. The molecule has 0 spiro atoms. The number of hydrogen-bond acceptors (Lipinski definition) is 5. The molecule has 0 aromatic heterocycles. The average molecular weight is 523 g/mol. The quantitative estimate of drug-likeness (QED) is 0.231. The summed E-state index contributed by atoms with van der Waals surface area (Å²) in [6.07, 6.45) is 0. The molecule has 6 nitrogen and oxygen atoms in total. The standard InChI is InChI=1S/C33H34N2O4/c1-32(2,3)22-12-10-21(11-13-22)28-27(29(36)25-18-23(33(4,5)6)14-17-26(25)39-7)30(37)31(38)35(28)24-15-8-20(19-34)9-16-24/h8-18,28,36H,1-7H3/b29-27+. The number of anilines is 1.